The van der Waals surface area contributed by atoms with Crippen molar-refractivity contribution in [1.29, 1.82) is 0 Å². The number of rotatable bonds is 4. The summed E-state index contributed by atoms with van der Waals surface area (Å²) in [6, 6.07) is 14.9. The van der Waals surface area contributed by atoms with Gasteiger partial charge in [0.25, 0.3) is 0 Å². The first-order chi connectivity index (χ1) is 11.5. The highest BCUT2D eigenvalue weighted by Crippen LogP contribution is 2.41. The summed E-state index contributed by atoms with van der Waals surface area (Å²) in [4.78, 5) is 11.0. The van der Waals surface area contributed by atoms with Crippen molar-refractivity contribution in [1.82, 2.24) is 0 Å². The monoisotopic (exact) mass is 338 g/mol. The standard InChI is InChI=1S/C23H30O2/c1-22(2,3)18-14-16(12-13-20(24)25)15-19(23(4,5)6)21(18)17-10-8-7-9-11-17/h7-11,14-15H,12-13H2,1-6H3,(H,24,25). The van der Waals surface area contributed by atoms with Crippen molar-refractivity contribution in [2.45, 2.75) is 65.2 Å². The smallest absolute Gasteiger partial charge is 0.303 e. The van der Waals surface area contributed by atoms with Crippen LogP contribution >= 0.6 is 0 Å². The second-order valence-corrected chi connectivity index (χ2v) is 8.83. The van der Waals surface area contributed by atoms with Crippen molar-refractivity contribution in [3.63, 3.8) is 0 Å². The molecule has 0 unspecified atom stereocenters. The lowest BCUT2D eigenvalue weighted by Gasteiger charge is -2.31. The minimum atomic E-state index is -0.748. The van der Waals surface area contributed by atoms with Crippen LogP contribution < -0.4 is 0 Å². The fourth-order valence-corrected chi connectivity index (χ4v) is 3.20. The van der Waals surface area contributed by atoms with Gasteiger partial charge in [-0.05, 0) is 45.1 Å². The lowest BCUT2D eigenvalue weighted by atomic mass is 9.73. The van der Waals surface area contributed by atoms with Gasteiger partial charge < -0.3 is 5.11 Å². The number of benzene rings is 2. The minimum Gasteiger partial charge on any atom is -0.481 e. The molecule has 2 aromatic carbocycles. The van der Waals surface area contributed by atoms with Crippen LogP contribution in [0.5, 0.6) is 0 Å². The molecule has 0 aliphatic carbocycles. The zero-order valence-corrected chi connectivity index (χ0v) is 16.3. The Bertz CT molecular complexity index is 709. The van der Waals surface area contributed by atoms with Crippen LogP contribution in [0.15, 0.2) is 42.5 Å². The zero-order valence-electron chi connectivity index (χ0n) is 16.3. The maximum absolute atomic E-state index is 11.0. The summed E-state index contributed by atoms with van der Waals surface area (Å²) in [5.74, 6) is -0.748. The fourth-order valence-electron chi connectivity index (χ4n) is 3.20. The van der Waals surface area contributed by atoms with Gasteiger partial charge in [0.2, 0.25) is 0 Å². The molecule has 0 saturated carbocycles. The number of hydrogen-bond donors (Lipinski definition) is 1. The zero-order chi connectivity index (χ0) is 18.8. The summed E-state index contributed by atoms with van der Waals surface area (Å²) >= 11 is 0. The Kier molecular flexibility index (Phi) is 5.41. The minimum absolute atomic E-state index is 0.0234. The molecule has 0 aromatic heterocycles. The predicted octanol–water partition coefficient (Wildman–Crippen LogP) is 5.97. The molecule has 2 heteroatoms. The molecule has 0 saturated heterocycles. The maximum atomic E-state index is 11.0. The largest absolute Gasteiger partial charge is 0.481 e. The van der Waals surface area contributed by atoms with Crippen LogP contribution in [0.2, 0.25) is 0 Å². The highest BCUT2D eigenvalue weighted by atomic mass is 16.4. The van der Waals surface area contributed by atoms with E-state index in [4.69, 9.17) is 5.11 Å². The van der Waals surface area contributed by atoms with Crippen LogP contribution in [0, 0.1) is 0 Å². The average molecular weight is 338 g/mol. The first kappa shape index (κ1) is 19.2. The van der Waals surface area contributed by atoms with Crippen LogP contribution in [-0.4, -0.2) is 11.1 Å². The molecule has 25 heavy (non-hydrogen) atoms. The Morgan fingerprint density at radius 2 is 1.36 bits per heavy atom. The molecule has 0 radical (unpaired) electrons. The molecular weight excluding hydrogens is 308 g/mol. The number of carboxylic acids is 1. The lowest BCUT2D eigenvalue weighted by molar-refractivity contribution is -0.136. The molecule has 2 rings (SSSR count). The van der Waals surface area contributed by atoms with E-state index in [2.05, 4.69) is 77.9 Å². The molecule has 0 aliphatic rings. The van der Waals surface area contributed by atoms with Crippen molar-refractivity contribution >= 4 is 5.97 Å². The first-order valence-electron chi connectivity index (χ1n) is 8.95. The van der Waals surface area contributed by atoms with E-state index in [1.165, 1.54) is 22.3 Å². The first-order valence-corrected chi connectivity index (χ1v) is 8.95. The predicted molar refractivity (Wildman–Crippen MR) is 105 cm³/mol. The van der Waals surface area contributed by atoms with Crippen LogP contribution in [0.3, 0.4) is 0 Å². The Labute approximate surface area is 151 Å². The Balaban J connectivity index is 2.76. The molecule has 0 spiro atoms. The Morgan fingerprint density at radius 1 is 0.880 bits per heavy atom. The molecule has 0 atom stereocenters. The van der Waals surface area contributed by atoms with Crippen molar-refractivity contribution in [2.24, 2.45) is 0 Å². The molecule has 0 aliphatic heterocycles. The Hall–Kier alpha value is -2.09. The summed E-state index contributed by atoms with van der Waals surface area (Å²) in [6.07, 6.45) is 0.731. The van der Waals surface area contributed by atoms with Crippen LogP contribution in [0.25, 0.3) is 11.1 Å². The van der Waals surface area contributed by atoms with E-state index < -0.39 is 5.97 Å². The fraction of sp³-hybridized carbons (Fsp3) is 0.435. The van der Waals surface area contributed by atoms with Crippen LogP contribution in [0.1, 0.15) is 64.7 Å². The van der Waals surface area contributed by atoms with E-state index in [0.29, 0.717) is 6.42 Å². The molecule has 0 heterocycles. The number of aliphatic carboxylic acids is 1. The van der Waals surface area contributed by atoms with E-state index >= 15 is 0 Å². The molecule has 1 N–H and O–H groups in total. The van der Waals surface area contributed by atoms with Crippen LogP contribution in [0.4, 0.5) is 0 Å². The number of aryl methyl sites for hydroxylation is 1. The van der Waals surface area contributed by atoms with E-state index in [0.717, 1.165) is 5.56 Å². The third kappa shape index (κ3) is 4.72. The summed E-state index contributed by atoms with van der Waals surface area (Å²) in [6.45, 7) is 13.3. The van der Waals surface area contributed by atoms with Gasteiger partial charge in [0.1, 0.15) is 0 Å². The van der Waals surface area contributed by atoms with Crippen molar-refractivity contribution < 1.29 is 9.90 Å². The number of hydrogen-bond acceptors (Lipinski definition) is 1. The normalized spacial score (nSPS) is 12.2. The molecular formula is C23H30O2. The van der Waals surface area contributed by atoms with E-state index in [-0.39, 0.29) is 17.3 Å². The second-order valence-electron chi connectivity index (χ2n) is 8.83. The van der Waals surface area contributed by atoms with Gasteiger partial charge in [-0.3, -0.25) is 4.79 Å². The van der Waals surface area contributed by atoms with E-state index in [1.807, 2.05) is 6.07 Å². The quantitative estimate of drug-likeness (QED) is 0.746. The van der Waals surface area contributed by atoms with E-state index in [1.54, 1.807) is 0 Å². The molecule has 2 nitrogen and oxygen atoms in total. The molecule has 0 amide bonds. The van der Waals surface area contributed by atoms with Gasteiger partial charge in [-0.25, -0.2) is 0 Å². The molecule has 2 aromatic rings. The molecule has 0 bridgehead atoms. The third-order valence-corrected chi connectivity index (χ3v) is 4.50. The molecule has 134 valence electrons. The SMILES string of the molecule is CC(C)(C)c1cc(CCC(=O)O)cc(C(C)(C)C)c1-c1ccccc1. The Morgan fingerprint density at radius 3 is 1.76 bits per heavy atom. The summed E-state index contributed by atoms with van der Waals surface area (Å²) in [5, 5.41) is 9.07. The summed E-state index contributed by atoms with van der Waals surface area (Å²) in [5.41, 5.74) is 6.14. The van der Waals surface area contributed by atoms with Crippen LogP contribution in [-0.2, 0) is 22.0 Å². The van der Waals surface area contributed by atoms with Crippen molar-refractivity contribution in [2.75, 3.05) is 0 Å². The van der Waals surface area contributed by atoms with Gasteiger partial charge in [0.05, 0.1) is 0 Å². The second kappa shape index (κ2) is 7.03. The van der Waals surface area contributed by atoms with Gasteiger partial charge in [-0.15, -0.1) is 0 Å². The van der Waals surface area contributed by atoms with Gasteiger partial charge in [0.15, 0.2) is 0 Å². The average Bonchev–Trinajstić information content (AvgIpc) is 2.51. The third-order valence-electron chi connectivity index (χ3n) is 4.50. The molecule has 0 fully saturated rings. The lowest BCUT2D eigenvalue weighted by Crippen LogP contribution is -2.20. The van der Waals surface area contributed by atoms with E-state index in [9.17, 15) is 4.79 Å². The van der Waals surface area contributed by atoms with Crippen molar-refractivity contribution in [3.05, 3.63) is 59.2 Å². The maximum Gasteiger partial charge on any atom is 0.303 e. The highest BCUT2D eigenvalue weighted by molar-refractivity contribution is 5.74. The summed E-state index contributed by atoms with van der Waals surface area (Å²) < 4.78 is 0. The summed E-state index contributed by atoms with van der Waals surface area (Å²) in [7, 11) is 0. The van der Waals surface area contributed by atoms with Gasteiger partial charge in [-0.2, -0.15) is 0 Å². The van der Waals surface area contributed by atoms with Gasteiger partial charge in [-0.1, -0.05) is 84.0 Å². The van der Waals surface area contributed by atoms with Crippen molar-refractivity contribution in [3.8, 4) is 11.1 Å². The van der Waals surface area contributed by atoms with Gasteiger partial charge >= 0.3 is 5.97 Å². The number of carboxylic acid groups (broad SMARTS) is 1. The van der Waals surface area contributed by atoms with Gasteiger partial charge in [0, 0.05) is 6.42 Å². The highest BCUT2D eigenvalue weighted by Gasteiger charge is 2.27. The topological polar surface area (TPSA) is 37.3 Å². The number of carbonyl (C=O) groups is 1.